The van der Waals surface area contributed by atoms with E-state index in [4.69, 9.17) is 0 Å². The summed E-state index contributed by atoms with van der Waals surface area (Å²) in [7, 11) is -3.71. The molecular formula is C21H23FN2O3S. The molecule has 2 heterocycles. The zero-order valence-electron chi connectivity index (χ0n) is 15.5. The Morgan fingerprint density at radius 1 is 1.07 bits per heavy atom. The first-order valence-corrected chi connectivity index (χ1v) is 11.0. The van der Waals surface area contributed by atoms with E-state index in [2.05, 4.69) is 5.32 Å². The fraction of sp³-hybridized carbons (Fsp3) is 0.381. The third kappa shape index (κ3) is 3.44. The maximum Gasteiger partial charge on any atom is 0.243 e. The lowest BCUT2D eigenvalue weighted by molar-refractivity contribution is -0.122. The predicted molar refractivity (Wildman–Crippen MR) is 104 cm³/mol. The van der Waals surface area contributed by atoms with Crippen molar-refractivity contribution in [1.82, 2.24) is 9.62 Å². The molecule has 1 amide bonds. The molecule has 0 bridgehead atoms. The molecule has 0 aliphatic carbocycles. The molecule has 5 nitrogen and oxygen atoms in total. The maximum atomic E-state index is 13.9. The van der Waals surface area contributed by atoms with Crippen molar-refractivity contribution in [1.29, 1.82) is 0 Å². The van der Waals surface area contributed by atoms with Gasteiger partial charge < -0.3 is 5.32 Å². The Balaban J connectivity index is 1.76. The summed E-state index contributed by atoms with van der Waals surface area (Å²) in [5.41, 5.74) is -0.00332. The molecule has 2 aliphatic heterocycles. The molecule has 2 atom stereocenters. The molecule has 2 saturated heterocycles. The fourth-order valence-corrected chi connectivity index (χ4v) is 5.99. The largest absolute Gasteiger partial charge is 0.349 e. The molecule has 148 valence electrons. The Kier molecular flexibility index (Phi) is 4.97. The maximum absolute atomic E-state index is 13.9. The molecule has 1 spiro atoms. The molecule has 0 aromatic heterocycles. The molecule has 2 aromatic carbocycles. The standard InChI is InChI=1S/C21H23FN2O3S/c22-17-8-6-7-16(13-17)19-14-24(28(26,27)18-9-2-1-3-10-18)15-21(19)12-5-4-11-20(25)23-21/h1-3,6-10,13,19H,4-5,11-12,14-15H2,(H,23,25)/t19-,21+/m0/s1. The van der Waals surface area contributed by atoms with E-state index in [0.717, 1.165) is 12.8 Å². The van der Waals surface area contributed by atoms with Gasteiger partial charge in [0.1, 0.15) is 5.82 Å². The number of benzene rings is 2. The first-order chi connectivity index (χ1) is 13.4. The molecule has 1 N–H and O–H groups in total. The van der Waals surface area contributed by atoms with E-state index < -0.39 is 15.6 Å². The number of carbonyl (C=O) groups excluding carboxylic acids is 1. The van der Waals surface area contributed by atoms with Gasteiger partial charge in [0.05, 0.1) is 10.4 Å². The fourth-order valence-electron chi connectivity index (χ4n) is 4.45. The summed E-state index contributed by atoms with van der Waals surface area (Å²) in [4.78, 5) is 12.6. The van der Waals surface area contributed by atoms with Crippen LogP contribution in [0.2, 0.25) is 0 Å². The van der Waals surface area contributed by atoms with E-state index >= 15 is 0 Å². The van der Waals surface area contributed by atoms with Crippen LogP contribution in [0.15, 0.2) is 59.5 Å². The second-order valence-corrected chi connectivity index (χ2v) is 9.57. The summed E-state index contributed by atoms with van der Waals surface area (Å²) in [6, 6.07) is 14.6. The average molecular weight is 402 g/mol. The SMILES string of the molecule is O=C1CCCC[C@]2(CN(S(=O)(=O)c3ccccc3)C[C@H]2c2cccc(F)c2)N1. The highest BCUT2D eigenvalue weighted by Crippen LogP contribution is 2.42. The van der Waals surface area contributed by atoms with E-state index in [9.17, 15) is 17.6 Å². The third-order valence-corrected chi connectivity index (χ3v) is 7.63. The van der Waals surface area contributed by atoms with Gasteiger partial charge >= 0.3 is 0 Å². The monoisotopic (exact) mass is 402 g/mol. The zero-order chi connectivity index (χ0) is 19.8. The molecule has 0 saturated carbocycles. The van der Waals surface area contributed by atoms with Crippen LogP contribution in [0.3, 0.4) is 0 Å². The zero-order valence-corrected chi connectivity index (χ0v) is 16.3. The van der Waals surface area contributed by atoms with E-state index in [0.29, 0.717) is 18.4 Å². The Hall–Kier alpha value is -2.25. The number of carbonyl (C=O) groups is 1. The number of nitrogens with zero attached hydrogens (tertiary/aromatic N) is 1. The van der Waals surface area contributed by atoms with Crippen LogP contribution < -0.4 is 5.32 Å². The van der Waals surface area contributed by atoms with Crippen LogP contribution in [0.25, 0.3) is 0 Å². The highest BCUT2D eigenvalue weighted by atomic mass is 32.2. The van der Waals surface area contributed by atoms with Gasteiger partial charge in [0, 0.05) is 25.4 Å². The van der Waals surface area contributed by atoms with E-state index in [1.807, 2.05) is 6.07 Å². The highest BCUT2D eigenvalue weighted by molar-refractivity contribution is 7.89. The van der Waals surface area contributed by atoms with Crippen molar-refractivity contribution in [2.45, 2.75) is 42.0 Å². The van der Waals surface area contributed by atoms with Crippen molar-refractivity contribution in [3.05, 3.63) is 66.0 Å². The topological polar surface area (TPSA) is 66.5 Å². The number of nitrogens with one attached hydrogen (secondary N) is 1. The second kappa shape index (κ2) is 7.29. The molecule has 0 radical (unpaired) electrons. The first-order valence-electron chi connectivity index (χ1n) is 9.52. The minimum absolute atomic E-state index is 0.0714. The van der Waals surface area contributed by atoms with Gasteiger partial charge in [0.15, 0.2) is 0 Å². The minimum Gasteiger partial charge on any atom is -0.349 e. The summed E-state index contributed by atoms with van der Waals surface area (Å²) in [5, 5.41) is 3.11. The Bertz CT molecular complexity index is 980. The Labute approximate surface area is 164 Å². The third-order valence-electron chi connectivity index (χ3n) is 5.81. The van der Waals surface area contributed by atoms with Gasteiger partial charge in [-0.3, -0.25) is 4.79 Å². The predicted octanol–water partition coefficient (Wildman–Crippen LogP) is 3.04. The van der Waals surface area contributed by atoms with Crippen LogP contribution in [0, 0.1) is 5.82 Å². The van der Waals surface area contributed by atoms with Crippen molar-refractivity contribution in [3.63, 3.8) is 0 Å². The van der Waals surface area contributed by atoms with Gasteiger partial charge in [-0.25, -0.2) is 12.8 Å². The Morgan fingerprint density at radius 3 is 2.61 bits per heavy atom. The molecule has 2 aliphatic rings. The van der Waals surface area contributed by atoms with Crippen molar-refractivity contribution in [2.75, 3.05) is 13.1 Å². The molecule has 2 fully saturated rings. The number of halogens is 1. The molecular weight excluding hydrogens is 379 g/mol. The van der Waals surface area contributed by atoms with Crippen molar-refractivity contribution in [3.8, 4) is 0 Å². The van der Waals surface area contributed by atoms with Crippen LogP contribution in [-0.2, 0) is 14.8 Å². The number of rotatable bonds is 3. The summed E-state index contributed by atoms with van der Waals surface area (Å²) >= 11 is 0. The van der Waals surface area contributed by atoms with Crippen LogP contribution >= 0.6 is 0 Å². The number of hydrogen-bond acceptors (Lipinski definition) is 3. The normalized spacial score (nSPS) is 26.2. The molecule has 7 heteroatoms. The van der Waals surface area contributed by atoms with Crippen molar-refractivity contribution in [2.24, 2.45) is 0 Å². The molecule has 2 aromatic rings. The average Bonchev–Trinajstić information content (AvgIpc) is 2.95. The minimum atomic E-state index is -3.71. The van der Waals surface area contributed by atoms with Crippen LogP contribution in [0.1, 0.15) is 37.2 Å². The summed E-state index contributed by atoms with van der Waals surface area (Å²) in [5.74, 6) is -0.737. The summed E-state index contributed by atoms with van der Waals surface area (Å²) in [6.45, 7) is 0.401. The lowest BCUT2D eigenvalue weighted by Crippen LogP contribution is -2.52. The van der Waals surface area contributed by atoms with Gasteiger partial charge in [-0.1, -0.05) is 36.8 Å². The van der Waals surface area contributed by atoms with Gasteiger partial charge in [-0.15, -0.1) is 0 Å². The summed E-state index contributed by atoms with van der Waals surface area (Å²) < 4.78 is 41.8. The molecule has 28 heavy (non-hydrogen) atoms. The van der Waals surface area contributed by atoms with Gasteiger partial charge in [-0.2, -0.15) is 4.31 Å². The number of hydrogen-bond donors (Lipinski definition) is 1. The highest BCUT2D eigenvalue weighted by Gasteiger charge is 2.51. The quantitative estimate of drug-likeness (QED) is 0.858. The van der Waals surface area contributed by atoms with E-state index in [1.54, 1.807) is 36.4 Å². The first kappa shape index (κ1) is 19.1. The van der Waals surface area contributed by atoms with E-state index in [-0.39, 0.29) is 35.6 Å². The van der Waals surface area contributed by atoms with Crippen LogP contribution in [0.5, 0.6) is 0 Å². The van der Waals surface area contributed by atoms with Crippen molar-refractivity contribution >= 4 is 15.9 Å². The second-order valence-electron chi connectivity index (χ2n) is 7.63. The smallest absolute Gasteiger partial charge is 0.243 e. The van der Waals surface area contributed by atoms with Gasteiger partial charge in [0.25, 0.3) is 0 Å². The summed E-state index contributed by atoms with van der Waals surface area (Å²) in [6.07, 6.45) is 2.70. The number of amides is 1. The van der Waals surface area contributed by atoms with Gasteiger partial charge in [-0.05, 0) is 42.7 Å². The molecule has 4 rings (SSSR count). The van der Waals surface area contributed by atoms with Gasteiger partial charge in [0.2, 0.25) is 15.9 Å². The lowest BCUT2D eigenvalue weighted by atomic mass is 9.79. The van der Waals surface area contributed by atoms with Crippen molar-refractivity contribution < 1.29 is 17.6 Å². The van der Waals surface area contributed by atoms with E-state index in [1.165, 1.54) is 16.4 Å². The Morgan fingerprint density at radius 2 is 1.86 bits per heavy atom. The lowest BCUT2D eigenvalue weighted by Gasteiger charge is -2.35. The van der Waals surface area contributed by atoms with Crippen LogP contribution in [-0.4, -0.2) is 37.3 Å². The molecule has 0 unspecified atom stereocenters. The number of sulfonamides is 1. The van der Waals surface area contributed by atoms with Crippen LogP contribution in [0.4, 0.5) is 4.39 Å².